The van der Waals surface area contributed by atoms with Crippen LogP contribution in [-0.4, -0.2) is 50.9 Å². The number of esters is 1. The molecule has 1 heterocycles. The minimum Gasteiger partial charge on any atom is -0.494 e. The zero-order valence-corrected chi connectivity index (χ0v) is 22.0. The lowest BCUT2D eigenvalue weighted by molar-refractivity contribution is -0.116. The van der Waals surface area contributed by atoms with E-state index in [0.29, 0.717) is 22.9 Å². The molecule has 4 rings (SSSR count). The Hall–Kier alpha value is -2.95. The number of thiophene rings is 1. The monoisotopic (exact) mass is 530 g/mol. The first-order valence-electron chi connectivity index (χ1n) is 12.0. The van der Waals surface area contributed by atoms with Gasteiger partial charge in [0.2, 0.25) is 15.9 Å². The average molecular weight is 531 g/mol. The molecular formula is C26H30N2O6S2. The van der Waals surface area contributed by atoms with E-state index in [1.54, 1.807) is 30.3 Å². The highest BCUT2D eigenvalue weighted by atomic mass is 32.2. The number of carbonyl (C=O) groups is 2. The van der Waals surface area contributed by atoms with Crippen molar-refractivity contribution in [1.29, 1.82) is 0 Å². The van der Waals surface area contributed by atoms with Crippen LogP contribution < -0.4 is 10.1 Å². The van der Waals surface area contributed by atoms with Crippen molar-refractivity contribution in [3.05, 3.63) is 53.4 Å². The largest absolute Gasteiger partial charge is 0.494 e. The minimum atomic E-state index is -3.90. The lowest BCUT2D eigenvalue weighted by Crippen LogP contribution is -2.45. The van der Waals surface area contributed by atoms with Gasteiger partial charge in [-0.2, -0.15) is 4.31 Å². The normalized spacial score (nSPS) is 14.6. The Morgan fingerprint density at radius 2 is 1.78 bits per heavy atom. The van der Waals surface area contributed by atoms with Crippen LogP contribution in [0.2, 0.25) is 0 Å². The minimum absolute atomic E-state index is 0.138. The first kappa shape index (κ1) is 26.1. The highest BCUT2D eigenvalue weighted by Crippen LogP contribution is 2.30. The molecule has 0 saturated heterocycles. The summed E-state index contributed by atoms with van der Waals surface area (Å²) >= 11 is 1.31. The highest BCUT2D eigenvalue weighted by Gasteiger charge is 2.34. The van der Waals surface area contributed by atoms with E-state index in [9.17, 15) is 18.0 Å². The molecule has 10 heteroatoms. The zero-order chi connectivity index (χ0) is 25.7. The Labute approximate surface area is 215 Å². The molecule has 1 saturated carbocycles. The van der Waals surface area contributed by atoms with Crippen LogP contribution in [0.3, 0.4) is 0 Å². The Morgan fingerprint density at radius 1 is 1.06 bits per heavy atom. The number of rotatable bonds is 9. The van der Waals surface area contributed by atoms with Gasteiger partial charge in [0.15, 0.2) is 0 Å². The summed E-state index contributed by atoms with van der Waals surface area (Å²) in [5.74, 6) is -0.236. The first-order chi connectivity index (χ1) is 17.3. The lowest BCUT2D eigenvalue weighted by atomic mass is 9.95. The maximum Gasteiger partial charge on any atom is 0.348 e. The molecule has 0 spiro atoms. The molecule has 1 aliphatic carbocycles. The summed E-state index contributed by atoms with van der Waals surface area (Å²) in [5, 5.41) is 3.62. The SMILES string of the molecule is CCOc1ccc(S(=O)(=O)N(CC(=O)Nc2ccc3sc(C(=O)OC)cc3c2)C2CCCCC2)cc1. The van der Waals surface area contributed by atoms with Crippen molar-refractivity contribution in [2.45, 2.75) is 50.0 Å². The molecule has 3 aromatic rings. The van der Waals surface area contributed by atoms with E-state index in [0.717, 1.165) is 42.2 Å². The fraction of sp³-hybridized carbons (Fsp3) is 0.385. The molecule has 0 unspecified atom stereocenters. The Balaban J connectivity index is 1.54. The van der Waals surface area contributed by atoms with Gasteiger partial charge in [-0.25, -0.2) is 13.2 Å². The quantitative estimate of drug-likeness (QED) is 0.389. The zero-order valence-electron chi connectivity index (χ0n) is 20.4. The van der Waals surface area contributed by atoms with E-state index >= 15 is 0 Å². The van der Waals surface area contributed by atoms with Crippen molar-refractivity contribution in [3.63, 3.8) is 0 Å². The molecule has 1 aliphatic rings. The van der Waals surface area contributed by atoms with Crippen molar-refractivity contribution in [2.75, 3.05) is 25.6 Å². The number of amides is 1. The number of nitrogens with zero attached hydrogens (tertiary/aromatic N) is 1. The second-order valence-electron chi connectivity index (χ2n) is 8.65. The van der Waals surface area contributed by atoms with Gasteiger partial charge in [0.05, 0.1) is 25.2 Å². The Kier molecular flexibility index (Phi) is 8.28. The molecule has 1 fully saturated rings. The topological polar surface area (TPSA) is 102 Å². The number of methoxy groups -OCH3 is 1. The van der Waals surface area contributed by atoms with Crippen LogP contribution in [0, 0.1) is 0 Å². The lowest BCUT2D eigenvalue weighted by Gasteiger charge is -2.33. The molecule has 1 amide bonds. The van der Waals surface area contributed by atoms with Crippen LogP contribution >= 0.6 is 11.3 Å². The molecule has 1 N–H and O–H groups in total. The van der Waals surface area contributed by atoms with Gasteiger partial charge < -0.3 is 14.8 Å². The molecule has 0 bridgehead atoms. The van der Waals surface area contributed by atoms with Gasteiger partial charge in [-0.05, 0) is 73.7 Å². The molecule has 0 radical (unpaired) electrons. The number of ether oxygens (including phenoxy) is 2. The maximum atomic E-state index is 13.6. The number of carbonyl (C=O) groups excluding carboxylic acids is 2. The number of benzene rings is 2. The standard InChI is InChI=1S/C26H30N2O6S2/c1-3-34-21-10-12-22(13-11-21)36(31,32)28(20-7-5-4-6-8-20)17-25(29)27-19-9-14-23-18(15-19)16-24(35-23)26(30)33-2/h9-16,20H,3-8,17H2,1-2H3,(H,27,29). The third-order valence-electron chi connectivity index (χ3n) is 6.21. The Bertz CT molecular complexity index is 1330. The highest BCUT2D eigenvalue weighted by molar-refractivity contribution is 7.89. The maximum absolute atomic E-state index is 13.6. The number of hydrogen-bond donors (Lipinski definition) is 1. The number of nitrogens with one attached hydrogen (secondary N) is 1. The molecular weight excluding hydrogens is 500 g/mol. The summed E-state index contributed by atoms with van der Waals surface area (Å²) in [7, 11) is -2.57. The molecule has 1 aromatic heterocycles. The predicted octanol–water partition coefficient (Wildman–Crippen LogP) is 5.05. The number of sulfonamides is 1. The van der Waals surface area contributed by atoms with Gasteiger partial charge in [0.25, 0.3) is 0 Å². The third-order valence-corrected chi connectivity index (χ3v) is 9.22. The van der Waals surface area contributed by atoms with E-state index < -0.39 is 21.9 Å². The summed E-state index contributed by atoms with van der Waals surface area (Å²) in [4.78, 5) is 25.5. The van der Waals surface area contributed by atoms with Crippen molar-refractivity contribution >= 4 is 49.0 Å². The van der Waals surface area contributed by atoms with Gasteiger partial charge in [0.1, 0.15) is 10.6 Å². The Morgan fingerprint density at radius 3 is 2.44 bits per heavy atom. The van der Waals surface area contributed by atoms with Crippen LogP contribution in [0.5, 0.6) is 5.75 Å². The molecule has 0 atom stereocenters. The average Bonchev–Trinajstić information content (AvgIpc) is 3.31. The van der Waals surface area contributed by atoms with E-state index in [1.807, 2.05) is 13.0 Å². The molecule has 192 valence electrons. The van der Waals surface area contributed by atoms with Crippen LogP contribution in [0.4, 0.5) is 5.69 Å². The number of anilines is 1. The summed E-state index contributed by atoms with van der Waals surface area (Å²) in [5.41, 5.74) is 0.531. The van der Waals surface area contributed by atoms with Gasteiger partial charge >= 0.3 is 5.97 Å². The van der Waals surface area contributed by atoms with Crippen molar-refractivity contribution in [2.24, 2.45) is 0 Å². The summed E-state index contributed by atoms with van der Waals surface area (Å²) in [6, 6.07) is 13.1. The third kappa shape index (κ3) is 5.88. The van der Waals surface area contributed by atoms with Gasteiger partial charge in [-0.3, -0.25) is 4.79 Å². The fourth-order valence-electron chi connectivity index (χ4n) is 4.45. The van der Waals surface area contributed by atoms with Gasteiger partial charge in [0, 0.05) is 16.4 Å². The van der Waals surface area contributed by atoms with Crippen LogP contribution in [0.1, 0.15) is 48.7 Å². The second-order valence-corrected chi connectivity index (χ2v) is 11.6. The van der Waals surface area contributed by atoms with Crippen LogP contribution in [0.25, 0.3) is 10.1 Å². The summed E-state index contributed by atoms with van der Waals surface area (Å²) < 4.78 is 39.7. The van der Waals surface area contributed by atoms with Crippen molar-refractivity contribution < 1.29 is 27.5 Å². The van der Waals surface area contributed by atoms with Crippen molar-refractivity contribution in [1.82, 2.24) is 4.31 Å². The molecule has 2 aromatic carbocycles. The number of fused-ring (bicyclic) bond motifs is 1. The van der Waals surface area contributed by atoms with Gasteiger partial charge in [-0.1, -0.05) is 19.3 Å². The van der Waals surface area contributed by atoms with E-state index in [1.165, 1.54) is 34.9 Å². The number of hydrogen-bond acceptors (Lipinski definition) is 7. The predicted molar refractivity (Wildman–Crippen MR) is 140 cm³/mol. The fourth-order valence-corrected chi connectivity index (χ4v) is 7.06. The summed E-state index contributed by atoms with van der Waals surface area (Å²) in [6.45, 7) is 2.07. The molecule has 0 aliphatic heterocycles. The van der Waals surface area contributed by atoms with Crippen LogP contribution in [0.15, 0.2) is 53.4 Å². The second kappa shape index (κ2) is 11.4. The first-order valence-corrected chi connectivity index (χ1v) is 14.2. The van der Waals surface area contributed by atoms with E-state index in [4.69, 9.17) is 9.47 Å². The van der Waals surface area contributed by atoms with Crippen molar-refractivity contribution in [3.8, 4) is 5.75 Å². The van der Waals surface area contributed by atoms with Crippen LogP contribution in [-0.2, 0) is 19.6 Å². The van der Waals surface area contributed by atoms with E-state index in [2.05, 4.69) is 5.32 Å². The summed E-state index contributed by atoms with van der Waals surface area (Å²) in [6.07, 6.45) is 4.37. The van der Waals surface area contributed by atoms with E-state index in [-0.39, 0.29) is 17.5 Å². The molecule has 8 nitrogen and oxygen atoms in total. The smallest absolute Gasteiger partial charge is 0.348 e. The van der Waals surface area contributed by atoms with Gasteiger partial charge in [-0.15, -0.1) is 11.3 Å². The molecule has 36 heavy (non-hydrogen) atoms.